The molecule has 1 N–H and O–H groups in total. The van der Waals surface area contributed by atoms with E-state index >= 15 is 0 Å². The molecule has 1 aliphatic carbocycles. The van der Waals surface area contributed by atoms with Crippen molar-refractivity contribution in [1.29, 1.82) is 0 Å². The first kappa shape index (κ1) is 16.9. The van der Waals surface area contributed by atoms with Crippen molar-refractivity contribution in [3.63, 3.8) is 0 Å². The maximum Gasteiger partial charge on any atom is 0.335 e. The number of benzene rings is 1. The first-order chi connectivity index (χ1) is 11.6. The molecule has 1 saturated carbocycles. The van der Waals surface area contributed by atoms with E-state index in [1.807, 2.05) is 0 Å². The molecule has 0 spiro atoms. The van der Waals surface area contributed by atoms with Gasteiger partial charge in [0.1, 0.15) is 5.82 Å². The molecule has 1 saturated heterocycles. The lowest BCUT2D eigenvalue weighted by Crippen LogP contribution is -2.43. The highest BCUT2D eigenvalue weighted by Gasteiger charge is 2.32. The number of carboxylic acids is 1. The standard InChI is InChI=1S/C18H22FNO4/c19-16-10-12(18(22)23)7-8-15(16)17(21)20(13-4-1-2-5-13)11-14-6-3-9-24-14/h7-8,10,13-14H,1-6,9,11H2,(H,22,23). The van der Waals surface area contributed by atoms with Gasteiger partial charge in [0.15, 0.2) is 0 Å². The van der Waals surface area contributed by atoms with Crippen molar-refractivity contribution >= 4 is 11.9 Å². The molecule has 0 bridgehead atoms. The molecule has 1 amide bonds. The molecule has 24 heavy (non-hydrogen) atoms. The van der Waals surface area contributed by atoms with Crippen LogP contribution in [0.25, 0.3) is 0 Å². The first-order valence-corrected chi connectivity index (χ1v) is 8.51. The van der Waals surface area contributed by atoms with Gasteiger partial charge in [-0.3, -0.25) is 4.79 Å². The Morgan fingerprint density at radius 1 is 1.21 bits per heavy atom. The molecule has 0 radical (unpaired) electrons. The summed E-state index contributed by atoms with van der Waals surface area (Å²) in [5, 5.41) is 8.93. The number of amides is 1. The Kier molecular flexibility index (Phi) is 5.14. The molecule has 3 rings (SSSR count). The highest BCUT2D eigenvalue weighted by Crippen LogP contribution is 2.27. The molecule has 1 atom stereocenters. The summed E-state index contributed by atoms with van der Waals surface area (Å²) in [7, 11) is 0. The molecule has 1 aromatic carbocycles. The van der Waals surface area contributed by atoms with Crippen molar-refractivity contribution in [2.24, 2.45) is 0 Å². The van der Waals surface area contributed by atoms with E-state index in [4.69, 9.17) is 9.84 Å². The van der Waals surface area contributed by atoms with Gasteiger partial charge in [0, 0.05) is 19.2 Å². The summed E-state index contributed by atoms with van der Waals surface area (Å²) < 4.78 is 19.9. The molecule has 130 valence electrons. The minimum atomic E-state index is -1.21. The van der Waals surface area contributed by atoms with Gasteiger partial charge < -0.3 is 14.7 Å². The van der Waals surface area contributed by atoms with Crippen molar-refractivity contribution in [3.05, 3.63) is 35.1 Å². The van der Waals surface area contributed by atoms with E-state index in [1.54, 1.807) is 4.90 Å². The van der Waals surface area contributed by atoms with Crippen LogP contribution in [0.1, 0.15) is 59.2 Å². The van der Waals surface area contributed by atoms with Crippen LogP contribution in [0.15, 0.2) is 18.2 Å². The number of halogens is 1. The molecule has 1 unspecified atom stereocenters. The van der Waals surface area contributed by atoms with Crippen LogP contribution in [0.3, 0.4) is 0 Å². The average molecular weight is 335 g/mol. The highest BCUT2D eigenvalue weighted by atomic mass is 19.1. The number of carbonyl (C=O) groups is 2. The summed E-state index contributed by atoms with van der Waals surface area (Å²) in [5.74, 6) is -2.36. The number of ether oxygens (including phenoxy) is 1. The summed E-state index contributed by atoms with van der Waals surface area (Å²) in [6.45, 7) is 1.18. The second-order valence-electron chi connectivity index (χ2n) is 6.53. The van der Waals surface area contributed by atoms with E-state index in [2.05, 4.69) is 0 Å². The number of rotatable bonds is 5. The maximum absolute atomic E-state index is 14.3. The Bertz CT molecular complexity index is 621. The van der Waals surface area contributed by atoms with E-state index in [1.165, 1.54) is 12.1 Å². The second-order valence-corrected chi connectivity index (χ2v) is 6.53. The van der Waals surface area contributed by atoms with Gasteiger partial charge in [0.05, 0.1) is 17.2 Å². The van der Waals surface area contributed by atoms with Crippen molar-refractivity contribution in [3.8, 4) is 0 Å². The third-order valence-corrected chi connectivity index (χ3v) is 4.90. The Morgan fingerprint density at radius 2 is 1.96 bits per heavy atom. The molecular formula is C18H22FNO4. The first-order valence-electron chi connectivity index (χ1n) is 8.51. The summed E-state index contributed by atoms with van der Waals surface area (Å²) >= 11 is 0. The Morgan fingerprint density at radius 3 is 2.54 bits per heavy atom. The van der Waals surface area contributed by atoms with Crippen molar-refractivity contribution in [2.45, 2.75) is 50.7 Å². The topological polar surface area (TPSA) is 66.8 Å². The minimum Gasteiger partial charge on any atom is -0.478 e. The molecule has 2 fully saturated rings. The number of aromatic carboxylic acids is 1. The predicted octanol–water partition coefficient (Wildman–Crippen LogP) is 3.09. The van der Waals surface area contributed by atoms with Gasteiger partial charge in [-0.25, -0.2) is 9.18 Å². The monoisotopic (exact) mass is 335 g/mol. The van der Waals surface area contributed by atoms with E-state index in [-0.39, 0.29) is 29.2 Å². The van der Waals surface area contributed by atoms with Crippen LogP contribution in [0.5, 0.6) is 0 Å². The number of hydrogen-bond acceptors (Lipinski definition) is 3. The zero-order chi connectivity index (χ0) is 17.1. The van der Waals surface area contributed by atoms with E-state index < -0.39 is 11.8 Å². The largest absolute Gasteiger partial charge is 0.478 e. The fourth-order valence-corrected chi connectivity index (χ4v) is 3.60. The van der Waals surface area contributed by atoms with Crippen LogP contribution >= 0.6 is 0 Å². The van der Waals surface area contributed by atoms with Gasteiger partial charge in [-0.2, -0.15) is 0 Å². The lowest BCUT2D eigenvalue weighted by atomic mass is 10.1. The number of nitrogens with zero attached hydrogens (tertiary/aromatic N) is 1. The summed E-state index contributed by atoms with van der Waals surface area (Å²) in [6.07, 6.45) is 5.90. The number of carbonyl (C=O) groups excluding carboxylic acids is 1. The number of carboxylic acid groups (broad SMARTS) is 1. The van der Waals surface area contributed by atoms with E-state index in [0.29, 0.717) is 13.2 Å². The van der Waals surface area contributed by atoms with Crippen LogP contribution in [0, 0.1) is 5.82 Å². The molecule has 0 aromatic heterocycles. The Labute approximate surface area is 140 Å². The van der Waals surface area contributed by atoms with Gasteiger partial charge in [-0.15, -0.1) is 0 Å². The minimum absolute atomic E-state index is 0.0101. The zero-order valence-electron chi connectivity index (χ0n) is 13.5. The molecule has 1 aliphatic heterocycles. The van der Waals surface area contributed by atoms with Gasteiger partial charge in [-0.1, -0.05) is 12.8 Å². The van der Waals surface area contributed by atoms with Crippen LogP contribution in [0.2, 0.25) is 0 Å². The third kappa shape index (κ3) is 3.59. The van der Waals surface area contributed by atoms with Crippen LogP contribution in [0.4, 0.5) is 4.39 Å². The van der Waals surface area contributed by atoms with Crippen molar-refractivity contribution in [1.82, 2.24) is 4.90 Å². The molecule has 1 aromatic rings. The molecule has 5 nitrogen and oxygen atoms in total. The fraction of sp³-hybridized carbons (Fsp3) is 0.556. The second kappa shape index (κ2) is 7.30. The fourth-order valence-electron chi connectivity index (χ4n) is 3.60. The van der Waals surface area contributed by atoms with E-state index in [0.717, 1.165) is 44.6 Å². The summed E-state index contributed by atoms with van der Waals surface area (Å²) in [4.78, 5) is 25.6. The van der Waals surface area contributed by atoms with Crippen molar-refractivity contribution in [2.75, 3.05) is 13.2 Å². The SMILES string of the molecule is O=C(O)c1ccc(C(=O)N(CC2CCCO2)C2CCCC2)c(F)c1. The normalized spacial score (nSPS) is 21.1. The predicted molar refractivity (Wildman–Crippen MR) is 85.6 cm³/mol. The molecule has 1 heterocycles. The van der Waals surface area contributed by atoms with Crippen LogP contribution in [-0.4, -0.2) is 47.2 Å². The maximum atomic E-state index is 14.3. The highest BCUT2D eigenvalue weighted by molar-refractivity contribution is 5.96. The van der Waals surface area contributed by atoms with E-state index in [9.17, 15) is 14.0 Å². The van der Waals surface area contributed by atoms with Crippen molar-refractivity contribution < 1.29 is 23.8 Å². The lowest BCUT2D eigenvalue weighted by molar-refractivity contribution is 0.0417. The zero-order valence-corrected chi connectivity index (χ0v) is 13.5. The quantitative estimate of drug-likeness (QED) is 0.898. The molecule has 2 aliphatic rings. The van der Waals surface area contributed by atoms with Gasteiger partial charge in [0.25, 0.3) is 5.91 Å². The lowest BCUT2D eigenvalue weighted by Gasteiger charge is -2.31. The Balaban J connectivity index is 1.83. The average Bonchev–Trinajstić information content (AvgIpc) is 3.25. The van der Waals surface area contributed by atoms with Crippen LogP contribution < -0.4 is 0 Å². The van der Waals surface area contributed by atoms with Gasteiger partial charge >= 0.3 is 5.97 Å². The molecule has 6 heteroatoms. The third-order valence-electron chi connectivity index (χ3n) is 4.90. The Hall–Kier alpha value is -1.95. The van der Waals surface area contributed by atoms with Gasteiger partial charge in [0.2, 0.25) is 0 Å². The smallest absolute Gasteiger partial charge is 0.335 e. The summed E-state index contributed by atoms with van der Waals surface area (Å²) in [5.41, 5.74) is -0.222. The number of hydrogen-bond donors (Lipinski definition) is 1. The van der Waals surface area contributed by atoms with Gasteiger partial charge in [-0.05, 0) is 43.9 Å². The summed E-state index contributed by atoms with van der Waals surface area (Å²) in [6, 6.07) is 3.57. The van der Waals surface area contributed by atoms with Crippen LogP contribution in [-0.2, 0) is 4.74 Å². The molecular weight excluding hydrogens is 313 g/mol.